The van der Waals surface area contributed by atoms with Crippen LogP contribution in [0.15, 0.2) is 0 Å². The van der Waals surface area contributed by atoms with Crippen molar-refractivity contribution in [2.75, 3.05) is 40.4 Å². The Morgan fingerprint density at radius 1 is 1.56 bits per heavy atom. The number of carbonyl (C=O) groups is 1. The summed E-state index contributed by atoms with van der Waals surface area (Å²) in [5.74, 6) is 0.264. The topological polar surface area (TPSA) is 61.8 Å². The highest BCUT2D eigenvalue weighted by Gasteiger charge is 2.27. The van der Waals surface area contributed by atoms with Crippen LogP contribution >= 0.6 is 0 Å². The van der Waals surface area contributed by atoms with E-state index in [1.165, 1.54) is 7.11 Å². The minimum absolute atomic E-state index is 0.195. The average Bonchev–Trinajstić information content (AvgIpc) is 2.29. The van der Waals surface area contributed by atoms with Crippen LogP contribution in [0, 0.1) is 5.92 Å². The lowest BCUT2D eigenvalue weighted by Gasteiger charge is -2.36. The van der Waals surface area contributed by atoms with Crippen molar-refractivity contribution in [1.82, 2.24) is 10.2 Å². The number of rotatable bonds is 5. The molecule has 5 nitrogen and oxygen atoms in total. The van der Waals surface area contributed by atoms with Gasteiger partial charge in [0, 0.05) is 25.7 Å². The van der Waals surface area contributed by atoms with Crippen LogP contribution in [0.25, 0.3) is 0 Å². The lowest BCUT2D eigenvalue weighted by atomic mass is 9.92. The summed E-state index contributed by atoms with van der Waals surface area (Å²) in [6, 6.07) is 0.398. The van der Waals surface area contributed by atoms with Crippen LogP contribution in [0.5, 0.6) is 0 Å². The van der Waals surface area contributed by atoms with Gasteiger partial charge < -0.3 is 15.2 Å². The first kappa shape index (κ1) is 13.4. The second-order valence-corrected chi connectivity index (χ2v) is 4.37. The molecule has 0 aromatic heterocycles. The van der Waals surface area contributed by atoms with Gasteiger partial charge in [0.2, 0.25) is 0 Å². The van der Waals surface area contributed by atoms with E-state index in [1.54, 1.807) is 0 Å². The summed E-state index contributed by atoms with van der Waals surface area (Å²) < 4.78 is 4.67. The minimum Gasteiger partial charge on any atom is -0.468 e. The average molecular weight is 230 g/mol. The number of hydrogen-bond acceptors (Lipinski definition) is 5. The summed E-state index contributed by atoms with van der Waals surface area (Å²) >= 11 is 0. The first-order chi connectivity index (χ1) is 7.69. The number of likely N-dealkylation sites (tertiary alicyclic amines) is 1. The number of hydrogen-bond donors (Lipinski definition) is 2. The van der Waals surface area contributed by atoms with Gasteiger partial charge in [-0.15, -0.1) is 0 Å². The zero-order valence-electron chi connectivity index (χ0n) is 10.1. The molecule has 0 aliphatic carbocycles. The Bertz CT molecular complexity index is 223. The molecule has 1 fully saturated rings. The molecule has 0 radical (unpaired) electrons. The first-order valence-electron chi connectivity index (χ1n) is 5.76. The van der Waals surface area contributed by atoms with Crippen molar-refractivity contribution in [3.05, 3.63) is 0 Å². The van der Waals surface area contributed by atoms with E-state index in [1.807, 2.05) is 7.05 Å². The number of piperidine rings is 1. The van der Waals surface area contributed by atoms with Crippen molar-refractivity contribution in [3.63, 3.8) is 0 Å². The van der Waals surface area contributed by atoms with Crippen LogP contribution in [0.4, 0.5) is 0 Å². The van der Waals surface area contributed by atoms with Gasteiger partial charge >= 0.3 is 5.97 Å². The number of aliphatic hydroxyl groups is 1. The van der Waals surface area contributed by atoms with Crippen molar-refractivity contribution < 1.29 is 14.6 Å². The Morgan fingerprint density at radius 3 is 2.88 bits per heavy atom. The highest BCUT2D eigenvalue weighted by molar-refractivity contribution is 5.71. The van der Waals surface area contributed by atoms with Gasteiger partial charge in [-0.3, -0.25) is 9.69 Å². The van der Waals surface area contributed by atoms with E-state index in [0.717, 1.165) is 25.9 Å². The second kappa shape index (κ2) is 6.83. The number of nitrogens with zero attached hydrogens (tertiary/aromatic N) is 1. The predicted molar refractivity (Wildman–Crippen MR) is 61.1 cm³/mol. The van der Waals surface area contributed by atoms with E-state index in [0.29, 0.717) is 18.5 Å². The van der Waals surface area contributed by atoms with Crippen LogP contribution in [0.1, 0.15) is 12.8 Å². The fourth-order valence-corrected chi connectivity index (χ4v) is 2.28. The zero-order chi connectivity index (χ0) is 12.0. The second-order valence-electron chi connectivity index (χ2n) is 4.37. The predicted octanol–water partition coefficient (Wildman–Crippen LogP) is -0.548. The molecular weight excluding hydrogens is 208 g/mol. The minimum atomic E-state index is -0.195. The Morgan fingerprint density at radius 2 is 2.31 bits per heavy atom. The summed E-state index contributed by atoms with van der Waals surface area (Å²) in [6.07, 6.45) is 1.87. The summed E-state index contributed by atoms with van der Waals surface area (Å²) in [7, 11) is 3.34. The molecule has 0 spiro atoms. The van der Waals surface area contributed by atoms with Gasteiger partial charge in [-0.2, -0.15) is 0 Å². The maximum atomic E-state index is 11.2. The van der Waals surface area contributed by atoms with Crippen LogP contribution in [0.2, 0.25) is 0 Å². The third-order valence-electron chi connectivity index (χ3n) is 3.14. The van der Waals surface area contributed by atoms with Crippen LogP contribution in [-0.2, 0) is 9.53 Å². The Labute approximate surface area is 96.8 Å². The van der Waals surface area contributed by atoms with Gasteiger partial charge in [0.1, 0.15) is 0 Å². The van der Waals surface area contributed by atoms with Gasteiger partial charge in [-0.25, -0.2) is 0 Å². The number of nitrogens with one attached hydrogen (secondary N) is 1. The molecular formula is C11H22N2O3. The van der Waals surface area contributed by atoms with Crippen LogP contribution in [0.3, 0.4) is 0 Å². The van der Waals surface area contributed by atoms with Crippen molar-refractivity contribution >= 4 is 5.97 Å². The first-order valence-corrected chi connectivity index (χ1v) is 5.76. The molecule has 2 unspecified atom stereocenters. The molecule has 5 heteroatoms. The maximum Gasteiger partial charge on any atom is 0.319 e. The molecule has 0 aromatic rings. The van der Waals surface area contributed by atoms with Crippen molar-refractivity contribution in [2.45, 2.75) is 18.9 Å². The van der Waals surface area contributed by atoms with Gasteiger partial charge in [0.05, 0.1) is 13.7 Å². The molecule has 0 bridgehead atoms. The smallest absolute Gasteiger partial charge is 0.319 e. The Kier molecular flexibility index (Phi) is 5.73. The molecule has 0 amide bonds. The number of methoxy groups -OCH3 is 1. The van der Waals surface area contributed by atoms with E-state index in [-0.39, 0.29) is 12.6 Å². The standard InChI is InChI=1S/C11H22N2O3/c1-12-10-5-9(3-4-14)6-13(7-10)8-11(15)16-2/h9-10,12,14H,3-8H2,1-2H3. The van der Waals surface area contributed by atoms with E-state index < -0.39 is 0 Å². The van der Waals surface area contributed by atoms with E-state index in [4.69, 9.17) is 5.11 Å². The van der Waals surface area contributed by atoms with Gasteiger partial charge in [0.15, 0.2) is 0 Å². The van der Waals surface area contributed by atoms with E-state index in [2.05, 4.69) is 15.0 Å². The van der Waals surface area contributed by atoms with Crippen molar-refractivity contribution in [3.8, 4) is 0 Å². The van der Waals surface area contributed by atoms with Crippen LogP contribution < -0.4 is 5.32 Å². The normalized spacial score (nSPS) is 26.7. The SMILES string of the molecule is CNC1CC(CCO)CN(CC(=O)OC)C1. The summed E-state index contributed by atoms with van der Waals surface area (Å²) in [4.78, 5) is 13.3. The monoisotopic (exact) mass is 230 g/mol. The molecule has 16 heavy (non-hydrogen) atoms. The molecule has 1 heterocycles. The molecule has 94 valence electrons. The Balaban J connectivity index is 2.46. The number of aliphatic hydroxyl groups excluding tert-OH is 1. The fourth-order valence-electron chi connectivity index (χ4n) is 2.28. The lowest BCUT2D eigenvalue weighted by molar-refractivity contribution is -0.142. The summed E-state index contributed by atoms with van der Waals surface area (Å²) in [5, 5.41) is 12.2. The quantitative estimate of drug-likeness (QED) is 0.621. The maximum absolute atomic E-state index is 11.2. The van der Waals surface area contributed by atoms with Crippen molar-refractivity contribution in [2.24, 2.45) is 5.92 Å². The highest BCUT2D eigenvalue weighted by Crippen LogP contribution is 2.19. The van der Waals surface area contributed by atoms with Crippen molar-refractivity contribution in [1.29, 1.82) is 0 Å². The molecule has 2 N–H and O–H groups in total. The molecule has 1 aliphatic heterocycles. The third kappa shape index (κ3) is 4.08. The third-order valence-corrected chi connectivity index (χ3v) is 3.14. The molecule has 1 aliphatic rings. The number of likely N-dealkylation sites (N-methyl/N-ethyl adjacent to an activating group) is 1. The molecule has 1 rings (SSSR count). The Hall–Kier alpha value is -0.650. The summed E-state index contributed by atoms with van der Waals surface area (Å²) in [5.41, 5.74) is 0. The largest absolute Gasteiger partial charge is 0.468 e. The number of carbonyl (C=O) groups excluding carboxylic acids is 1. The van der Waals surface area contributed by atoms with Gasteiger partial charge in [-0.05, 0) is 25.8 Å². The van der Waals surface area contributed by atoms with Gasteiger partial charge in [0.25, 0.3) is 0 Å². The summed E-state index contributed by atoms with van der Waals surface area (Å²) in [6.45, 7) is 2.30. The molecule has 0 saturated carbocycles. The molecule has 0 aromatic carbocycles. The van der Waals surface area contributed by atoms with Gasteiger partial charge in [-0.1, -0.05) is 0 Å². The molecule has 2 atom stereocenters. The number of esters is 1. The fraction of sp³-hybridized carbons (Fsp3) is 0.909. The van der Waals surface area contributed by atoms with E-state index >= 15 is 0 Å². The zero-order valence-corrected chi connectivity index (χ0v) is 10.1. The number of ether oxygens (including phenoxy) is 1. The molecule has 1 saturated heterocycles. The van der Waals surface area contributed by atoms with E-state index in [9.17, 15) is 4.79 Å². The highest BCUT2D eigenvalue weighted by atomic mass is 16.5. The lowest BCUT2D eigenvalue weighted by Crippen LogP contribution is -2.49. The van der Waals surface area contributed by atoms with Crippen LogP contribution in [-0.4, -0.2) is 62.4 Å².